The number of aromatic nitrogens is 1. The van der Waals surface area contributed by atoms with Crippen molar-refractivity contribution in [1.82, 2.24) is 9.88 Å². The van der Waals surface area contributed by atoms with E-state index in [-0.39, 0.29) is 5.78 Å². The van der Waals surface area contributed by atoms with E-state index >= 15 is 0 Å². The highest BCUT2D eigenvalue weighted by Gasteiger charge is 2.11. The average molecular weight is 288 g/mol. The van der Waals surface area contributed by atoms with E-state index in [4.69, 9.17) is 0 Å². The van der Waals surface area contributed by atoms with Gasteiger partial charge in [0.2, 0.25) is 0 Å². The van der Waals surface area contributed by atoms with Crippen molar-refractivity contribution in [1.29, 1.82) is 0 Å². The highest BCUT2D eigenvalue weighted by Crippen LogP contribution is 2.15. The van der Waals surface area contributed by atoms with Crippen LogP contribution in [0.5, 0.6) is 0 Å². The van der Waals surface area contributed by atoms with Crippen molar-refractivity contribution in [3.63, 3.8) is 0 Å². The van der Waals surface area contributed by atoms with E-state index in [0.717, 1.165) is 11.3 Å². The van der Waals surface area contributed by atoms with Crippen LogP contribution in [0.15, 0.2) is 35.2 Å². The van der Waals surface area contributed by atoms with Gasteiger partial charge in [-0.1, -0.05) is 38.1 Å². The summed E-state index contributed by atoms with van der Waals surface area (Å²) in [6.07, 6.45) is 0. The van der Waals surface area contributed by atoms with Crippen LogP contribution < -0.4 is 0 Å². The van der Waals surface area contributed by atoms with Crippen molar-refractivity contribution in [2.45, 2.75) is 26.3 Å². The molecule has 3 nitrogen and oxygen atoms in total. The Balaban J connectivity index is 1.93. The van der Waals surface area contributed by atoms with E-state index in [1.165, 1.54) is 5.56 Å². The first-order chi connectivity index (χ1) is 9.56. The molecule has 2 aromatic rings. The zero-order valence-corrected chi connectivity index (χ0v) is 13.0. The second-order valence-corrected chi connectivity index (χ2v) is 6.07. The number of hydrogen-bond donors (Lipinski definition) is 0. The largest absolute Gasteiger partial charge is 0.293 e. The van der Waals surface area contributed by atoms with E-state index in [0.29, 0.717) is 19.0 Å². The highest BCUT2D eigenvalue weighted by molar-refractivity contribution is 7.07. The third-order valence-corrected chi connectivity index (χ3v) is 3.86. The van der Waals surface area contributed by atoms with Gasteiger partial charge in [0.25, 0.3) is 0 Å². The fourth-order valence-corrected chi connectivity index (χ4v) is 2.59. The summed E-state index contributed by atoms with van der Waals surface area (Å²) in [5.74, 6) is 0.643. The van der Waals surface area contributed by atoms with E-state index < -0.39 is 0 Å². The Morgan fingerprint density at radius 1 is 1.30 bits per heavy atom. The Bertz CT molecular complexity index is 546. The molecule has 0 fully saturated rings. The minimum Gasteiger partial charge on any atom is -0.293 e. The molecule has 0 saturated carbocycles. The molecule has 1 heterocycles. The van der Waals surface area contributed by atoms with Gasteiger partial charge in [0.15, 0.2) is 5.78 Å². The number of carbonyl (C=O) groups is 1. The van der Waals surface area contributed by atoms with Gasteiger partial charge in [0, 0.05) is 17.5 Å². The molecule has 0 spiro atoms. The number of carbonyl (C=O) groups excluding carboxylic acids is 1. The molecule has 0 amide bonds. The van der Waals surface area contributed by atoms with Gasteiger partial charge in [-0.15, -0.1) is 11.3 Å². The number of ketones is 1. The Labute approximate surface area is 124 Å². The molecule has 106 valence electrons. The summed E-state index contributed by atoms with van der Waals surface area (Å²) in [5.41, 5.74) is 4.87. The van der Waals surface area contributed by atoms with Gasteiger partial charge in [-0.2, -0.15) is 0 Å². The van der Waals surface area contributed by atoms with E-state index in [2.05, 4.69) is 18.8 Å². The third-order valence-electron chi connectivity index (χ3n) is 3.23. The van der Waals surface area contributed by atoms with Crippen LogP contribution in [0.2, 0.25) is 0 Å². The number of nitrogens with zero attached hydrogens (tertiary/aromatic N) is 2. The molecular weight excluding hydrogens is 268 g/mol. The van der Waals surface area contributed by atoms with Gasteiger partial charge >= 0.3 is 0 Å². The molecule has 0 aliphatic heterocycles. The van der Waals surface area contributed by atoms with Gasteiger partial charge in [-0.25, -0.2) is 4.98 Å². The summed E-state index contributed by atoms with van der Waals surface area (Å²) in [6, 6.07) is 7.93. The normalized spacial score (nSPS) is 11.2. The summed E-state index contributed by atoms with van der Waals surface area (Å²) in [5, 5.41) is 2.01. The predicted octanol–water partition coefficient (Wildman–Crippen LogP) is 3.58. The number of rotatable bonds is 6. The highest BCUT2D eigenvalue weighted by atomic mass is 32.1. The average Bonchev–Trinajstić information content (AvgIpc) is 2.91. The molecule has 2 rings (SSSR count). The number of likely N-dealkylation sites (N-methyl/N-ethyl adjacent to an activating group) is 1. The van der Waals surface area contributed by atoms with Crippen LogP contribution in [-0.2, 0) is 6.54 Å². The molecule has 0 aliphatic carbocycles. The summed E-state index contributed by atoms with van der Waals surface area (Å²) < 4.78 is 0. The van der Waals surface area contributed by atoms with E-state index in [1.54, 1.807) is 11.3 Å². The van der Waals surface area contributed by atoms with Gasteiger partial charge in [-0.05, 0) is 18.5 Å². The smallest absolute Gasteiger partial charge is 0.176 e. The Kier molecular flexibility index (Phi) is 5.04. The van der Waals surface area contributed by atoms with Crippen LogP contribution >= 0.6 is 11.3 Å². The van der Waals surface area contributed by atoms with Gasteiger partial charge in [0.05, 0.1) is 17.7 Å². The molecule has 20 heavy (non-hydrogen) atoms. The van der Waals surface area contributed by atoms with Crippen molar-refractivity contribution in [2.24, 2.45) is 0 Å². The molecule has 0 bridgehead atoms. The molecular formula is C16H20N2OS. The summed E-state index contributed by atoms with van der Waals surface area (Å²) in [7, 11) is 1.94. The van der Waals surface area contributed by atoms with Crippen LogP contribution in [0.25, 0.3) is 0 Å². The standard InChI is InChI=1S/C16H20N2OS/c1-12(2)13-4-6-14(7-5-13)16(19)9-18(3)8-15-10-20-11-17-15/h4-7,10-12H,8-9H2,1-3H3. The fraction of sp³-hybridized carbons (Fsp3) is 0.375. The molecule has 0 aliphatic rings. The first-order valence-electron chi connectivity index (χ1n) is 6.75. The summed E-state index contributed by atoms with van der Waals surface area (Å²) in [4.78, 5) is 18.4. The van der Waals surface area contributed by atoms with Gasteiger partial charge < -0.3 is 0 Å². The molecule has 0 radical (unpaired) electrons. The summed E-state index contributed by atoms with van der Waals surface area (Å²) >= 11 is 1.58. The second-order valence-electron chi connectivity index (χ2n) is 5.35. The Morgan fingerprint density at radius 3 is 2.55 bits per heavy atom. The predicted molar refractivity (Wildman–Crippen MR) is 83.3 cm³/mol. The lowest BCUT2D eigenvalue weighted by Gasteiger charge is -2.14. The first kappa shape index (κ1) is 14.9. The van der Waals surface area contributed by atoms with Crippen molar-refractivity contribution in [3.8, 4) is 0 Å². The lowest BCUT2D eigenvalue weighted by atomic mass is 10.0. The van der Waals surface area contributed by atoms with Crippen molar-refractivity contribution in [3.05, 3.63) is 52.0 Å². The second kappa shape index (κ2) is 6.77. The van der Waals surface area contributed by atoms with Crippen LogP contribution in [0.1, 0.15) is 41.4 Å². The summed E-state index contributed by atoms with van der Waals surface area (Å²) in [6.45, 7) is 5.43. The zero-order valence-electron chi connectivity index (χ0n) is 12.2. The lowest BCUT2D eigenvalue weighted by molar-refractivity contribution is 0.0942. The number of Topliss-reactive ketones (excluding diaryl/α,β-unsaturated/α-hetero) is 1. The Morgan fingerprint density at radius 2 is 2.00 bits per heavy atom. The fourth-order valence-electron chi connectivity index (χ4n) is 2.04. The van der Waals surface area contributed by atoms with Crippen LogP contribution in [-0.4, -0.2) is 29.3 Å². The van der Waals surface area contributed by atoms with Crippen LogP contribution in [0.3, 0.4) is 0 Å². The number of thiazole rings is 1. The van der Waals surface area contributed by atoms with E-state index in [9.17, 15) is 4.79 Å². The third kappa shape index (κ3) is 3.99. The first-order valence-corrected chi connectivity index (χ1v) is 7.69. The maximum absolute atomic E-state index is 12.2. The lowest BCUT2D eigenvalue weighted by Crippen LogP contribution is -2.25. The van der Waals surface area contributed by atoms with Crippen LogP contribution in [0, 0.1) is 0 Å². The van der Waals surface area contributed by atoms with E-state index in [1.807, 2.05) is 47.1 Å². The van der Waals surface area contributed by atoms with Crippen molar-refractivity contribution in [2.75, 3.05) is 13.6 Å². The Hall–Kier alpha value is -1.52. The monoisotopic (exact) mass is 288 g/mol. The quantitative estimate of drug-likeness (QED) is 0.762. The molecule has 1 aromatic carbocycles. The minimum absolute atomic E-state index is 0.151. The van der Waals surface area contributed by atoms with Gasteiger partial charge in [-0.3, -0.25) is 9.69 Å². The SMILES string of the molecule is CC(C)c1ccc(C(=O)CN(C)Cc2cscn2)cc1. The zero-order chi connectivity index (χ0) is 14.5. The minimum atomic E-state index is 0.151. The number of benzene rings is 1. The van der Waals surface area contributed by atoms with Crippen molar-refractivity contribution < 1.29 is 4.79 Å². The van der Waals surface area contributed by atoms with Crippen LogP contribution in [0.4, 0.5) is 0 Å². The topological polar surface area (TPSA) is 33.2 Å². The molecule has 1 aromatic heterocycles. The molecule has 0 saturated heterocycles. The molecule has 0 unspecified atom stereocenters. The maximum Gasteiger partial charge on any atom is 0.176 e. The maximum atomic E-state index is 12.2. The van der Waals surface area contributed by atoms with Crippen molar-refractivity contribution >= 4 is 17.1 Å². The van der Waals surface area contributed by atoms with Gasteiger partial charge in [0.1, 0.15) is 0 Å². The molecule has 0 N–H and O–H groups in total. The molecule has 0 atom stereocenters. The number of hydrogen-bond acceptors (Lipinski definition) is 4. The molecule has 4 heteroatoms.